The maximum absolute atomic E-state index is 11.4. The average molecular weight is 246 g/mol. The number of alkyl carbamates (subject to hydrolysis) is 1. The van der Waals surface area contributed by atoms with Crippen molar-refractivity contribution in [2.75, 3.05) is 20.1 Å². The van der Waals surface area contributed by atoms with Crippen LogP contribution in [0.5, 0.6) is 0 Å². The number of carboxylic acid groups (broad SMARTS) is 1. The van der Waals surface area contributed by atoms with Gasteiger partial charge in [-0.1, -0.05) is 6.92 Å². The quantitative estimate of drug-likeness (QED) is 0.754. The standard InChI is InChI=1S/C11H22N2O4/c1-6-13(5)7-8(9(14)15)12-10(16)17-11(2,3)4/h8H,6-7H2,1-5H3,(H,12,16)(H,14,15)/t8-/m0/s1. The summed E-state index contributed by atoms with van der Waals surface area (Å²) in [4.78, 5) is 24.2. The van der Waals surface area contributed by atoms with Crippen molar-refractivity contribution in [3.8, 4) is 0 Å². The highest BCUT2D eigenvalue weighted by Crippen LogP contribution is 2.06. The summed E-state index contributed by atoms with van der Waals surface area (Å²) in [7, 11) is 1.78. The van der Waals surface area contributed by atoms with Crippen molar-refractivity contribution in [2.45, 2.75) is 39.3 Å². The summed E-state index contributed by atoms with van der Waals surface area (Å²) in [5.41, 5.74) is -0.635. The van der Waals surface area contributed by atoms with Gasteiger partial charge >= 0.3 is 12.1 Å². The van der Waals surface area contributed by atoms with Gasteiger partial charge in [0.15, 0.2) is 0 Å². The second kappa shape index (κ2) is 6.44. The highest BCUT2D eigenvalue weighted by Gasteiger charge is 2.24. The largest absolute Gasteiger partial charge is 0.480 e. The van der Waals surface area contributed by atoms with Crippen molar-refractivity contribution < 1.29 is 19.4 Å². The Kier molecular flexibility index (Phi) is 5.95. The molecule has 0 unspecified atom stereocenters. The number of carboxylic acids is 1. The minimum absolute atomic E-state index is 0.241. The zero-order chi connectivity index (χ0) is 13.6. The lowest BCUT2D eigenvalue weighted by molar-refractivity contribution is -0.139. The fourth-order valence-corrected chi connectivity index (χ4v) is 1.08. The van der Waals surface area contributed by atoms with Crippen molar-refractivity contribution in [3.05, 3.63) is 0 Å². The molecule has 0 radical (unpaired) electrons. The van der Waals surface area contributed by atoms with Crippen LogP contribution in [0, 0.1) is 0 Å². The Morgan fingerprint density at radius 2 is 1.94 bits per heavy atom. The third-order valence-corrected chi connectivity index (χ3v) is 2.02. The first-order chi connectivity index (χ1) is 7.65. The van der Waals surface area contributed by atoms with Crippen LogP contribution >= 0.6 is 0 Å². The minimum Gasteiger partial charge on any atom is -0.480 e. The van der Waals surface area contributed by atoms with E-state index in [0.29, 0.717) is 6.54 Å². The predicted molar refractivity (Wildman–Crippen MR) is 64.0 cm³/mol. The molecule has 0 spiro atoms. The van der Waals surface area contributed by atoms with Crippen molar-refractivity contribution in [2.24, 2.45) is 0 Å². The fraction of sp³-hybridized carbons (Fsp3) is 0.818. The summed E-state index contributed by atoms with van der Waals surface area (Å²) in [6.07, 6.45) is -0.714. The predicted octanol–water partition coefficient (Wildman–Crippen LogP) is 0.916. The molecule has 0 aliphatic heterocycles. The van der Waals surface area contributed by atoms with E-state index >= 15 is 0 Å². The van der Waals surface area contributed by atoms with E-state index in [0.717, 1.165) is 0 Å². The van der Waals surface area contributed by atoms with E-state index in [1.807, 2.05) is 6.92 Å². The molecule has 0 aliphatic carbocycles. The third-order valence-electron chi connectivity index (χ3n) is 2.02. The molecular formula is C11H22N2O4. The lowest BCUT2D eigenvalue weighted by Crippen LogP contribution is -2.49. The molecule has 2 N–H and O–H groups in total. The second-order valence-electron chi connectivity index (χ2n) is 4.89. The highest BCUT2D eigenvalue weighted by molar-refractivity contribution is 5.80. The number of nitrogens with zero attached hydrogens (tertiary/aromatic N) is 1. The smallest absolute Gasteiger partial charge is 0.408 e. The zero-order valence-electron chi connectivity index (χ0n) is 11.1. The number of nitrogens with one attached hydrogen (secondary N) is 1. The van der Waals surface area contributed by atoms with Crippen molar-refractivity contribution in [1.82, 2.24) is 10.2 Å². The number of hydrogen-bond acceptors (Lipinski definition) is 4. The van der Waals surface area contributed by atoms with E-state index in [2.05, 4.69) is 5.32 Å². The summed E-state index contributed by atoms with van der Waals surface area (Å²) in [5.74, 6) is -1.07. The van der Waals surface area contributed by atoms with Gasteiger partial charge in [-0.05, 0) is 34.4 Å². The number of carbonyl (C=O) groups is 2. The van der Waals surface area contributed by atoms with Crippen LogP contribution in [-0.4, -0.2) is 53.8 Å². The molecule has 6 nitrogen and oxygen atoms in total. The fourth-order valence-electron chi connectivity index (χ4n) is 1.08. The van der Waals surface area contributed by atoms with E-state index in [4.69, 9.17) is 9.84 Å². The van der Waals surface area contributed by atoms with E-state index in [9.17, 15) is 9.59 Å². The lowest BCUT2D eigenvalue weighted by Gasteiger charge is -2.24. The molecule has 0 saturated heterocycles. The van der Waals surface area contributed by atoms with Crippen molar-refractivity contribution in [1.29, 1.82) is 0 Å². The van der Waals surface area contributed by atoms with Crippen LogP contribution in [0.25, 0.3) is 0 Å². The molecule has 0 bridgehead atoms. The molecule has 17 heavy (non-hydrogen) atoms. The van der Waals surface area contributed by atoms with Gasteiger partial charge in [0.2, 0.25) is 0 Å². The van der Waals surface area contributed by atoms with Crippen molar-refractivity contribution in [3.63, 3.8) is 0 Å². The van der Waals surface area contributed by atoms with E-state index in [1.165, 1.54) is 0 Å². The first kappa shape index (κ1) is 15.7. The number of amides is 1. The first-order valence-electron chi connectivity index (χ1n) is 5.56. The summed E-state index contributed by atoms with van der Waals surface area (Å²) in [6, 6.07) is -0.963. The van der Waals surface area contributed by atoms with Gasteiger partial charge in [0.05, 0.1) is 0 Å². The van der Waals surface area contributed by atoms with Gasteiger partial charge in [0, 0.05) is 6.54 Å². The van der Waals surface area contributed by atoms with Crippen LogP contribution in [0.4, 0.5) is 4.79 Å². The maximum Gasteiger partial charge on any atom is 0.408 e. The van der Waals surface area contributed by atoms with Gasteiger partial charge in [-0.3, -0.25) is 0 Å². The molecule has 6 heteroatoms. The Bertz CT molecular complexity index is 273. The number of aliphatic carboxylic acids is 1. The Morgan fingerprint density at radius 1 is 1.41 bits per heavy atom. The summed E-state index contributed by atoms with van der Waals surface area (Å²) < 4.78 is 5.00. The zero-order valence-corrected chi connectivity index (χ0v) is 11.1. The SMILES string of the molecule is CCN(C)C[C@H](NC(=O)OC(C)(C)C)C(=O)O. The van der Waals surface area contributed by atoms with Crippen molar-refractivity contribution >= 4 is 12.1 Å². The minimum atomic E-state index is -1.07. The molecule has 0 aromatic rings. The van der Waals surface area contributed by atoms with E-state index < -0.39 is 23.7 Å². The molecule has 1 atom stereocenters. The van der Waals surface area contributed by atoms with Crippen LogP contribution < -0.4 is 5.32 Å². The number of ether oxygens (including phenoxy) is 1. The Hall–Kier alpha value is -1.30. The molecule has 0 aromatic carbocycles. The normalized spacial score (nSPS) is 13.3. The molecule has 0 rings (SSSR count). The topological polar surface area (TPSA) is 78.9 Å². The molecule has 0 saturated carbocycles. The van der Waals surface area contributed by atoms with Gasteiger partial charge in [-0.15, -0.1) is 0 Å². The summed E-state index contributed by atoms with van der Waals surface area (Å²) >= 11 is 0. The first-order valence-corrected chi connectivity index (χ1v) is 5.56. The van der Waals surface area contributed by atoms with Crippen LogP contribution in [0.1, 0.15) is 27.7 Å². The molecule has 0 aromatic heterocycles. The van der Waals surface area contributed by atoms with Gasteiger partial charge < -0.3 is 20.1 Å². The summed E-state index contributed by atoms with van der Waals surface area (Å²) in [5, 5.41) is 11.3. The third kappa shape index (κ3) is 7.57. The Balaban J connectivity index is 4.35. The summed E-state index contributed by atoms with van der Waals surface area (Å²) in [6.45, 7) is 8.03. The van der Waals surface area contributed by atoms with Gasteiger partial charge in [-0.25, -0.2) is 9.59 Å². The molecule has 0 fully saturated rings. The Labute approximate surface area is 102 Å². The van der Waals surface area contributed by atoms with E-state index in [1.54, 1.807) is 32.7 Å². The molecular weight excluding hydrogens is 224 g/mol. The van der Waals surface area contributed by atoms with E-state index in [-0.39, 0.29) is 6.54 Å². The second-order valence-corrected chi connectivity index (χ2v) is 4.89. The number of rotatable bonds is 5. The van der Waals surface area contributed by atoms with Gasteiger partial charge in [-0.2, -0.15) is 0 Å². The van der Waals surface area contributed by atoms with Crippen LogP contribution in [-0.2, 0) is 9.53 Å². The van der Waals surface area contributed by atoms with Gasteiger partial charge in [0.25, 0.3) is 0 Å². The average Bonchev–Trinajstić information content (AvgIpc) is 2.13. The lowest BCUT2D eigenvalue weighted by atomic mass is 10.2. The van der Waals surface area contributed by atoms with Crippen LogP contribution in [0.15, 0.2) is 0 Å². The highest BCUT2D eigenvalue weighted by atomic mass is 16.6. The molecule has 0 aliphatic rings. The molecule has 100 valence electrons. The van der Waals surface area contributed by atoms with Gasteiger partial charge in [0.1, 0.15) is 11.6 Å². The molecule has 0 heterocycles. The number of carbonyl (C=O) groups excluding carboxylic acids is 1. The monoisotopic (exact) mass is 246 g/mol. The number of likely N-dealkylation sites (N-methyl/N-ethyl adjacent to an activating group) is 1. The maximum atomic E-state index is 11.4. The molecule has 1 amide bonds. The van der Waals surface area contributed by atoms with Crippen LogP contribution in [0.3, 0.4) is 0 Å². The number of hydrogen-bond donors (Lipinski definition) is 2. The Morgan fingerprint density at radius 3 is 2.29 bits per heavy atom. The van der Waals surface area contributed by atoms with Crippen LogP contribution in [0.2, 0.25) is 0 Å².